The van der Waals surface area contributed by atoms with Crippen molar-refractivity contribution in [3.63, 3.8) is 0 Å². The molecule has 1 amide bonds. The third-order valence-electron chi connectivity index (χ3n) is 5.28. The van der Waals surface area contributed by atoms with Crippen molar-refractivity contribution in [1.29, 1.82) is 0 Å². The molecule has 3 rings (SSSR count). The summed E-state index contributed by atoms with van der Waals surface area (Å²) < 4.78 is 5.38. The highest BCUT2D eigenvalue weighted by molar-refractivity contribution is 5.92. The Morgan fingerprint density at radius 1 is 1.08 bits per heavy atom. The number of ether oxygens (including phenoxy) is 1. The minimum atomic E-state index is 0. The maximum Gasteiger partial charge on any atom is 0.227 e. The molecule has 3 N–H and O–H groups in total. The van der Waals surface area contributed by atoms with Gasteiger partial charge in [0.25, 0.3) is 0 Å². The van der Waals surface area contributed by atoms with Gasteiger partial charge in [0, 0.05) is 31.2 Å². The quantitative estimate of drug-likeness (QED) is 0.792. The van der Waals surface area contributed by atoms with Gasteiger partial charge in [-0.1, -0.05) is 12.1 Å². The number of nitrogens with zero attached hydrogens (tertiary/aromatic N) is 1. The molecule has 0 aromatic heterocycles. The average Bonchev–Trinajstić information content (AvgIpc) is 2.64. The van der Waals surface area contributed by atoms with Gasteiger partial charge in [-0.05, 0) is 55.8 Å². The van der Waals surface area contributed by atoms with Crippen LogP contribution in [0.1, 0.15) is 31.2 Å². The topological polar surface area (TPSA) is 67.6 Å². The van der Waals surface area contributed by atoms with E-state index in [4.69, 9.17) is 10.5 Å². The highest BCUT2D eigenvalue weighted by atomic mass is 35.5. The molecular weight excluding hydrogens is 373 g/mol. The number of nitrogens with one attached hydrogen (secondary N) is 1. The smallest absolute Gasteiger partial charge is 0.227 e. The van der Waals surface area contributed by atoms with E-state index >= 15 is 0 Å². The van der Waals surface area contributed by atoms with Crippen molar-refractivity contribution in [2.45, 2.75) is 32.2 Å². The van der Waals surface area contributed by atoms with Gasteiger partial charge in [0.2, 0.25) is 5.91 Å². The Kier molecular flexibility index (Phi) is 10.5. The number of halogens is 2. The minimum absolute atomic E-state index is 0. The molecule has 1 saturated heterocycles. The molecule has 5 nitrogen and oxygen atoms in total. The molecule has 1 aromatic rings. The van der Waals surface area contributed by atoms with E-state index in [0.717, 1.165) is 70.8 Å². The van der Waals surface area contributed by atoms with Gasteiger partial charge in [0.05, 0.1) is 13.2 Å². The molecule has 0 spiro atoms. The van der Waals surface area contributed by atoms with E-state index in [1.807, 2.05) is 12.1 Å². The molecular formula is C19H31Cl2N3O2. The van der Waals surface area contributed by atoms with Crippen LogP contribution in [-0.2, 0) is 16.1 Å². The lowest BCUT2D eigenvalue weighted by molar-refractivity contribution is -0.121. The van der Waals surface area contributed by atoms with Crippen molar-refractivity contribution in [1.82, 2.24) is 4.90 Å². The summed E-state index contributed by atoms with van der Waals surface area (Å²) in [4.78, 5) is 14.8. The highest BCUT2D eigenvalue weighted by Crippen LogP contribution is 2.29. The Morgan fingerprint density at radius 3 is 2.27 bits per heavy atom. The number of nitrogens with two attached hydrogens (primary N) is 1. The number of hydrogen-bond acceptors (Lipinski definition) is 4. The van der Waals surface area contributed by atoms with Crippen molar-refractivity contribution in [2.24, 2.45) is 17.6 Å². The third kappa shape index (κ3) is 6.71. The normalized spacial score (nSPS) is 23.4. The molecule has 1 heterocycles. The van der Waals surface area contributed by atoms with Gasteiger partial charge in [0.1, 0.15) is 0 Å². The first kappa shape index (κ1) is 23.2. The second-order valence-electron chi connectivity index (χ2n) is 7.03. The van der Waals surface area contributed by atoms with E-state index < -0.39 is 0 Å². The second-order valence-corrected chi connectivity index (χ2v) is 7.03. The van der Waals surface area contributed by atoms with Gasteiger partial charge in [-0.3, -0.25) is 9.69 Å². The minimum Gasteiger partial charge on any atom is -0.379 e. The average molecular weight is 404 g/mol. The fraction of sp³-hybridized carbons (Fsp3) is 0.632. The fourth-order valence-electron chi connectivity index (χ4n) is 3.62. The summed E-state index contributed by atoms with van der Waals surface area (Å²) in [6.45, 7) is 5.31. The second kappa shape index (κ2) is 11.8. The van der Waals surface area contributed by atoms with Gasteiger partial charge >= 0.3 is 0 Å². The highest BCUT2D eigenvalue weighted by Gasteiger charge is 2.25. The lowest BCUT2D eigenvalue weighted by Gasteiger charge is -2.27. The number of amides is 1. The van der Waals surface area contributed by atoms with E-state index in [2.05, 4.69) is 22.3 Å². The van der Waals surface area contributed by atoms with Crippen LogP contribution >= 0.6 is 24.8 Å². The van der Waals surface area contributed by atoms with Crippen LogP contribution in [0.3, 0.4) is 0 Å². The van der Waals surface area contributed by atoms with Gasteiger partial charge in [-0.2, -0.15) is 0 Å². The van der Waals surface area contributed by atoms with Crippen LogP contribution in [0.4, 0.5) is 5.69 Å². The molecule has 2 aliphatic rings. The van der Waals surface area contributed by atoms with Gasteiger partial charge in [-0.15, -0.1) is 24.8 Å². The lowest BCUT2D eigenvalue weighted by atomic mass is 9.81. The molecule has 1 saturated carbocycles. The summed E-state index contributed by atoms with van der Waals surface area (Å²) in [5.74, 6) is 0.903. The van der Waals surface area contributed by atoms with Crippen LogP contribution in [0.5, 0.6) is 0 Å². The zero-order valence-electron chi connectivity index (χ0n) is 15.2. The summed E-state index contributed by atoms with van der Waals surface area (Å²) in [7, 11) is 0. The van der Waals surface area contributed by atoms with Crippen molar-refractivity contribution >= 4 is 36.4 Å². The molecule has 0 radical (unpaired) electrons. The number of rotatable bonds is 5. The number of benzene rings is 1. The van der Waals surface area contributed by atoms with Crippen LogP contribution in [0.15, 0.2) is 24.3 Å². The van der Waals surface area contributed by atoms with E-state index in [-0.39, 0.29) is 36.6 Å². The molecule has 0 atom stereocenters. The lowest BCUT2D eigenvalue weighted by Crippen LogP contribution is -2.35. The summed E-state index contributed by atoms with van der Waals surface area (Å²) in [6.07, 6.45) is 4.08. The first-order valence-electron chi connectivity index (χ1n) is 9.14. The predicted molar refractivity (Wildman–Crippen MR) is 110 cm³/mol. The Balaban J connectivity index is 0.00000169. The van der Waals surface area contributed by atoms with Gasteiger partial charge in [-0.25, -0.2) is 0 Å². The largest absolute Gasteiger partial charge is 0.379 e. The van der Waals surface area contributed by atoms with Crippen LogP contribution in [-0.4, -0.2) is 43.7 Å². The molecule has 2 fully saturated rings. The number of carbonyl (C=O) groups excluding carboxylic acids is 1. The van der Waals surface area contributed by atoms with Crippen LogP contribution in [0, 0.1) is 11.8 Å². The Labute approximate surface area is 168 Å². The number of hydrogen-bond donors (Lipinski definition) is 2. The molecule has 1 aliphatic heterocycles. The maximum atomic E-state index is 12.4. The van der Waals surface area contributed by atoms with E-state index in [0.29, 0.717) is 5.92 Å². The summed E-state index contributed by atoms with van der Waals surface area (Å²) in [5, 5.41) is 3.07. The first-order valence-corrected chi connectivity index (χ1v) is 9.14. The summed E-state index contributed by atoms with van der Waals surface area (Å²) in [6, 6.07) is 8.24. The van der Waals surface area contributed by atoms with Crippen LogP contribution in [0.2, 0.25) is 0 Å². The van der Waals surface area contributed by atoms with E-state index in [1.54, 1.807) is 0 Å². The number of anilines is 1. The molecule has 1 aromatic carbocycles. The Hall–Kier alpha value is -0.850. The van der Waals surface area contributed by atoms with Gasteiger partial charge < -0.3 is 15.8 Å². The molecule has 1 aliphatic carbocycles. The fourth-order valence-corrected chi connectivity index (χ4v) is 3.62. The molecule has 0 unspecified atom stereocenters. The predicted octanol–water partition coefficient (Wildman–Crippen LogP) is 3.07. The van der Waals surface area contributed by atoms with Gasteiger partial charge in [0.15, 0.2) is 0 Å². The zero-order chi connectivity index (χ0) is 16.8. The maximum absolute atomic E-state index is 12.4. The monoisotopic (exact) mass is 403 g/mol. The Morgan fingerprint density at radius 2 is 1.69 bits per heavy atom. The van der Waals surface area contributed by atoms with Crippen LogP contribution < -0.4 is 11.1 Å². The molecule has 0 bridgehead atoms. The Bertz CT molecular complexity index is 528. The molecule has 26 heavy (non-hydrogen) atoms. The van der Waals surface area contributed by atoms with Crippen LogP contribution in [0.25, 0.3) is 0 Å². The van der Waals surface area contributed by atoms with Crippen molar-refractivity contribution in [2.75, 3.05) is 38.2 Å². The zero-order valence-corrected chi connectivity index (χ0v) is 16.8. The number of carbonyl (C=O) groups is 1. The first-order chi connectivity index (χ1) is 11.7. The SMILES string of the molecule is Cl.Cl.NCC1CCC(C(=O)Nc2ccc(CN3CCOCC3)cc2)CC1. The van der Waals surface area contributed by atoms with E-state index in [9.17, 15) is 4.79 Å². The molecule has 148 valence electrons. The van der Waals surface area contributed by atoms with E-state index in [1.165, 1.54) is 5.56 Å². The third-order valence-corrected chi connectivity index (χ3v) is 5.28. The van der Waals surface area contributed by atoms with Crippen molar-refractivity contribution in [3.8, 4) is 0 Å². The standard InChI is InChI=1S/C19H29N3O2.2ClH/c20-13-15-1-5-17(6-2-15)19(23)21-18-7-3-16(4-8-18)14-22-9-11-24-12-10-22;;/h3-4,7-8,15,17H,1-2,5-6,9-14,20H2,(H,21,23);2*1H. The summed E-state index contributed by atoms with van der Waals surface area (Å²) in [5.41, 5.74) is 7.89. The summed E-state index contributed by atoms with van der Waals surface area (Å²) >= 11 is 0. The van der Waals surface area contributed by atoms with Crippen molar-refractivity contribution in [3.05, 3.63) is 29.8 Å². The molecule has 7 heteroatoms. The number of morpholine rings is 1. The van der Waals surface area contributed by atoms with Crippen molar-refractivity contribution < 1.29 is 9.53 Å².